The Kier molecular flexibility index (Phi) is 8.62. The average molecular weight is 411 g/mol. The first kappa shape index (κ1) is 23.2. The van der Waals surface area contributed by atoms with Gasteiger partial charge in [-0.05, 0) is 44.0 Å². The number of ether oxygens (including phenoxy) is 2. The number of carbonyl (C=O) groups excluding carboxylic acids is 1. The van der Waals surface area contributed by atoms with Crippen molar-refractivity contribution in [2.45, 2.75) is 45.9 Å². The molecule has 1 amide bonds. The third-order valence-corrected chi connectivity index (χ3v) is 4.46. The summed E-state index contributed by atoms with van der Waals surface area (Å²) in [5, 5.41) is 12.3. The van der Waals surface area contributed by atoms with Gasteiger partial charge in [0.05, 0.1) is 13.2 Å². The normalized spacial score (nSPS) is 12.5. The molecule has 0 saturated carbocycles. The fraction of sp³-hybridized carbons (Fsp3) is 0.333. The molecule has 2 aromatic carbocycles. The molecule has 0 aliphatic carbocycles. The van der Waals surface area contributed by atoms with Crippen LogP contribution in [0.2, 0.25) is 0 Å². The zero-order valence-corrected chi connectivity index (χ0v) is 17.8. The molecule has 0 bridgehead atoms. The highest BCUT2D eigenvalue weighted by Crippen LogP contribution is 2.21. The third kappa shape index (κ3) is 7.04. The number of nitrogens with one attached hydrogen (secondary N) is 1. The molecule has 0 aliphatic rings. The predicted octanol–water partition coefficient (Wildman–Crippen LogP) is 3.84. The highest BCUT2D eigenvalue weighted by Gasteiger charge is 2.21. The van der Waals surface area contributed by atoms with Crippen LogP contribution in [0.5, 0.6) is 5.75 Å². The van der Waals surface area contributed by atoms with E-state index in [0.29, 0.717) is 11.3 Å². The molecule has 0 spiro atoms. The van der Waals surface area contributed by atoms with E-state index in [0.717, 1.165) is 16.7 Å². The summed E-state index contributed by atoms with van der Waals surface area (Å²) in [5.74, 6) is -0.561. The van der Waals surface area contributed by atoms with Crippen molar-refractivity contribution < 1.29 is 24.2 Å². The van der Waals surface area contributed by atoms with Crippen LogP contribution >= 0.6 is 0 Å². The maximum atomic E-state index is 12.5. The molecule has 0 heterocycles. The van der Waals surface area contributed by atoms with Crippen molar-refractivity contribution in [2.24, 2.45) is 0 Å². The van der Waals surface area contributed by atoms with E-state index in [-0.39, 0.29) is 25.0 Å². The minimum absolute atomic E-state index is 0.183. The van der Waals surface area contributed by atoms with Gasteiger partial charge in [-0.25, -0.2) is 4.79 Å². The summed E-state index contributed by atoms with van der Waals surface area (Å²) in [4.78, 5) is 24.0. The molecule has 2 N–H and O–H groups in total. The Balaban J connectivity index is 2.10. The summed E-state index contributed by atoms with van der Waals surface area (Å²) in [6, 6.07) is 15.1. The Morgan fingerprint density at radius 2 is 1.83 bits per heavy atom. The summed E-state index contributed by atoms with van der Waals surface area (Å²) in [7, 11) is 1.56. The van der Waals surface area contributed by atoms with Gasteiger partial charge in [0.25, 0.3) is 0 Å². The molecule has 2 rings (SSSR count). The number of rotatable bonds is 10. The Labute approximate surface area is 177 Å². The van der Waals surface area contributed by atoms with Crippen molar-refractivity contribution in [2.75, 3.05) is 7.11 Å². The van der Waals surface area contributed by atoms with Crippen molar-refractivity contribution in [1.29, 1.82) is 0 Å². The van der Waals surface area contributed by atoms with Crippen LogP contribution in [0.1, 0.15) is 37.5 Å². The monoisotopic (exact) mass is 411 g/mol. The molecule has 1 atom stereocenters. The fourth-order valence-electron chi connectivity index (χ4n) is 3.01. The molecule has 6 nitrogen and oxygen atoms in total. The summed E-state index contributed by atoms with van der Waals surface area (Å²) in [5.41, 5.74) is 3.11. The standard InChI is InChI=1S/C24H29NO5/c1-16(2)30-22(24(27)28)14-19-10-11-21(29-4)20(13-19)15-25-23(26)17(3)12-18-8-6-5-7-9-18/h5-13,16,22H,14-15H2,1-4H3,(H,25,26)(H,27,28)/b17-12+. The zero-order valence-electron chi connectivity index (χ0n) is 17.8. The second-order valence-corrected chi connectivity index (χ2v) is 7.28. The summed E-state index contributed by atoms with van der Waals surface area (Å²) in [6.45, 7) is 5.63. The van der Waals surface area contributed by atoms with Gasteiger partial charge in [-0.2, -0.15) is 0 Å². The van der Waals surface area contributed by atoms with Crippen molar-refractivity contribution >= 4 is 18.0 Å². The fourth-order valence-corrected chi connectivity index (χ4v) is 3.01. The summed E-state index contributed by atoms with van der Waals surface area (Å²) >= 11 is 0. The van der Waals surface area contributed by atoms with Gasteiger partial charge in [-0.3, -0.25) is 4.79 Å². The molecule has 0 aliphatic heterocycles. The van der Waals surface area contributed by atoms with Gasteiger partial charge in [0.1, 0.15) is 5.75 Å². The van der Waals surface area contributed by atoms with Gasteiger partial charge in [0, 0.05) is 24.1 Å². The molecule has 6 heteroatoms. The molecule has 0 saturated heterocycles. The Hall–Kier alpha value is -3.12. The molecule has 1 unspecified atom stereocenters. The number of hydrogen-bond donors (Lipinski definition) is 2. The van der Waals surface area contributed by atoms with Gasteiger partial charge >= 0.3 is 5.97 Å². The van der Waals surface area contributed by atoms with E-state index in [9.17, 15) is 14.7 Å². The third-order valence-electron chi connectivity index (χ3n) is 4.46. The maximum absolute atomic E-state index is 12.5. The average Bonchev–Trinajstić information content (AvgIpc) is 2.72. The second kappa shape index (κ2) is 11.2. The van der Waals surface area contributed by atoms with E-state index in [2.05, 4.69) is 5.32 Å². The van der Waals surface area contributed by atoms with Gasteiger partial charge < -0.3 is 19.9 Å². The lowest BCUT2D eigenvalue weighted by Gasteiger charge is -2.18. The minimum Gasteiger partial charge on any atom is -0.496 e. The number of carboxylic acid groups (broad SMARTS) is 1. The molecular weight excluding hydrogens is 382 g/mol. The first-order chi connectivity index (χ1) is 14.3. The van der Waals surface area contributed by atoms with Crippen LogP contribution in [0.4, 0.5) is 0 Å². The van der Waals surface area contributed by atoms with E-state index >= 15 is 0 Å². The molecule has 160 valence electrons. The minimum atomic E-state index is -1.00. The Morgan fingerprint density at radius 1 is 1.13 bits per heavy atom. The lowest BCUT2D eigenvalue weighted by Crippen LogP contribution is -2.29. The number of hydrogen-bond acceptors (Lipinski definition) is 4. The number of amides is 1. The molecule has 0 radical (unpaired) electrons. The first-order valence-corrected chi connectivity index (χ1v) is 9.85. The van der Waals surface area contributed by atoms with Gasteiger partial charge in [0.15, 0.2) is 6.10 Å². The molecule has 0 aromatic heterocycles. The van der Waals surface area contributed by atoms with Crippen molar-refractivity contribution in [1.82, 2.24) is 5.32 Å². The quantitative estimate of drug-likeness (QED) is 0.581. The van der Waals surface area contributed by atoms with Gasteiger partial charge in [-0.15, -0.1) is 0 Å². The van der Waals surface area contributed by atoms with Crippen LogP contribution in [0.15, 0.2) is 54.1 Å². The summed E-state index contributed by atoms with van der Waals surface area (Å²) < 4.78 is 10.9. The molecular formula is C24H29NO5. The van der Waals surface area contributed by atoms with Crippen LogP contribution in [0.25, 0.3) is 6.08 Å². The number of aliphatic carboxylic acids is 1. The van der Waals surface area contributed by atoms with Crippen LogP contribution in [-0.2, 0) is 27.3 Å². The highest BCUT2D eigenvalue weighted by atomic mass is 16.5. The van der Waals surface area contributed by atoms with E-state index in [1.54, 1.807) is 33.9 Å². The lowest BCUT2D eigenvalue weighted by molar-refractivity contribution is -0.153. The van der Waals surface area contributed by atoms with E-state index in [1.165, 1.54) is 0 Å². The molecule has 30 heavy (non-hydrogen) atoms. The second-order valence-electron chi connectivity index (χ2n) is 7.28. The predicted molar refractivity (Wildman–Crippen MR) is 116 cm³/mol. The first-order valence-electron chi connectivity index (χ1n) is 9.85. The smallest absolute Gasteiger partial charge is 0.333 e. The van der Waals surface area contributed by atoms with Crippen LogP contribution < -0.4 is 10.1 Å². The number of carbonyl (C=O) groups is 2. The topological polar surface area (TPSA) is 84.9 Å². The summed E-state index contributed by atoms with van der Waals surface area (Å²) in [6.07, 6.45) is 0.925. The van der Waals surface area contributed by atoms with Crippen LogP contribution in [0, 0.1) is 0 Å². The van der Waals surface area contributed by atoms with E-state index in [1.807, 2.05) is 48.5 Å². The maximum Gasteiger partial charge on any atom is 0.333 e. The van der Waals surface area contributed by atoms with Crippen molar-refractivity contribution in [3.63, 3.8) is 0 Å². The number of benzene rings is 2. The molecule has 0 fully saturated rings. The van der Waals surface area contributed by atoms with Crippen molar-refractivity contribution in [3.8, 4) is 5.75 Å². The number of methoxy groups -OCH3 is 1. The lowest BCUT2D eigenvalue weighted by atomic mass is 10.0. The zero-order chi connectivity index (χ0) is 22.1. The van der Waals surface area contributed by atoms with E-state index < -0.39 is 12.1 Å². The highest BCUT2D eigenvalue weighted by molar-refractivity contribution is 5.97. The van der Waals surface area contributed by atoms with Crippen LogP contribution in [0.3, 0.4) is 0 Å². The van der Waals surface area contributed by atoms with E-state index in [4.69, 9.17) is 9.47 Å². The SMILES string of the molecule is COc1ccc(CC(OC(C)C)C(=O)O)cc1CNC(=O)/C(C)=C/c1ccccc1. The van der Waals surface area contributed by atoms with Gasteiger partial charge in [-0.1, -0.05) is 42.5 Å². The molecule has 2 aromatic rings. The number of carboxylic acids is 1. The largest absolute Gasteiger partial charge is 0.496 e. The van der Waals surface area contributed by atoms with Crippen molar-refractivity contribution in [3.05, 3.63) is 70.8 Å². The van der Waals surface area contributed by atoms with Gasteiger partial charge in [0.2, 0.25) is 5.91 Å². The Bertz CT molecular complexity index is 890. The Morgan fingerprint density at radius 3 is 2.43 bits per heavy atom. The van der Waals surface area contributed by atoms with Crippen LogP contribution in [-0.4, -0.2) is 36.3 Å².